The van der Waals surface area contributed by atoms with Crippen molar-refractivity contribution in [3.8, 4) is 5.75 Å². The van der Waals surface area contributed by atoms with Gasteiger partial charge in [-0.1, -0.05) is 37.3 Å². The van der Waals surface area contributed by atoms with Crippen molar-refractivity contribution in [3.05, 3.63) is 59.9 Å². The van der Waals surface area contributed by atoms with Crippen LogP contribution in [0.4, 0.5) is 10.1 Å². The topological polar surface area (TPSA) is 96.0 Å². The molecule has 0 radical (unpaired) electrons. The molecule has 0 aliphatic carbocycles. The van der Waals surface area contributed by atoms with E-state index in [-0.39, 0.29) is 29.6 Å². The number of methoxy groups -OCH3 is 1. The first kappa shape index (κ1) is 27.1. The Morgan fingerprint density at radius 1 is 1.09 bits per heavy atom. The Labute approximate surface area is 200 Å². The third kappa shape index (κ3) is 6.93. The zero-order chi connectivity index (χ0) is 25.5. The van der Waals surface area contributed by atoms with Crippen molar-refractivity contribution >= 4 is 27.5 Å². The first-order valence-electron chi connectivity index (χ1n) is 10.9. The molecule has 8 nitrogen and oxygen atoms in total. The molecule has 2 amide bonds. The second-order valence-electron chi connectivity index (χ2n) is 8.05. The van der Waals surface area contributed by atoms with Crippen LogP contribution in [0.5, 0.6) is 5.75 Å². The summed E-state index contributed by atoms with van der Waals surface area (Å²) >= 11 is 0. The average molecular weight is 494 g/mol. The van der Waals surface area contributed by atoms with Gasteiger partial charge in [0.25, 0.3) is 0 Å². The molecular formula is C24H32FN3O5S. The van der Waals surface area contributed by atoms with Crippen molar-refractivity contribution in [1.29, 1.82) is 0 Å². The highest BCUT2D eigenvalue weighted by atomic mass is 32.2. The molecule has 1 N–H and O–H groups in total. The van der Waals surface area contributed by atoms with E-state index in [2.05, 4.69) is 5.32 Å². The van der Waals surface area contributed by atoms with Crippen LogP contribution in [0.1, 0.15) is 32.8 Å². The molecule has 186 valence electrons. The Balaban J connectivity index is 2.44. The fourth-order valence-corrected chi connectivity index (χ4v) is 4.14. The minimum absolute atomic E-state index is 0.124. The van der Waals surface area contributed by atoms with E-state index >= 15 is 0 Å². The summed E-state index contributed by atoms with van der Waals surface area (Å²) in [4.78, 5) is 27.5. The fraction of sp³-hybridized carbons (Fsp3) is 0.417. The lowest BCUT2D eigenvalue weighted by atomic mass is 10.1. The Bertz CT molecular complexity index is 1110. The number of sulfonamides is 1. The number of halogens is 1. The third-order valence-electron chi connectivity index (χ3n) is 5.50. The molecule has 0 aliphatic rings. The smallest absolute Gasteiger partial charge is 0.244 e. The van der Waals surface area contributed by atoms with Crippen LogP contribution < -0.4 is 14.4 Å². The fourth-order valence-electron chi connectivity index (χ4n) is 3.29. The summed E-state index contributed by atoms with van der Waals surface area (Å²) < 4.78 is 45.8. The number of anilines is 1. The van der Waals surface area contributed by atoms with Crippen molar-refractivity contribution < 1.29 is 27.1 Å². The van der Waals surface area contributed by atoms with Crippen molar-refractivity contribution in [2.45, 2.75) is 45.8 Å². The van der Waals surface area contributed by atoms with Crippen LogP contribution in [-0.2, 0) is 26.2 Å². The van der Waals surface area contributed by atoms with Crippen LogP contribution in [0.25, 0.3) is 0 Å². The molecule has 0 bridgehead atoms. The molecule has 0 aromatic heterocycles. The highest BCUT2D eigenvalue weighted by Crippen LogP contribution is 2.29. The molecule has 34 heavy (non-hydrogen) atoms. The van der Waals surface area contributed by atoms with Gasteiger partial charge in [0.15, 0.2) is 0 Å². The van der Waals surface area contributed by atoms with Gasteiger partial charge in [-0.3, -0.25) is 13.9 Å². The molecule has 2 rings (SSSR count). The first-order valence-corrected chi connectivity index (χ1v) is 12.8. The van der Waals surface area contributed by atoms with Crippen molar-refractivity contribution in [2.75, 3.05) is 24.2 Å². The minimum atomic E-state index is -3.90. The van der Waals surface area contributed by atoms with E-state index in [0.29, 0.717) is 6.42 Å². The van der Waals surface area contributed by atoms with Crippen molar-refractivity contribution in [2.24, 2.45) is 0 Å². The summed E-state index contributed by atoms with van der Waals surface area (Å²) in [5.74, 6) is -1.34. The Kier molecular flexibility index (Phi) is 9.43. The van der Waals surface area contributed by atoms with Crippen LogP contribution in [0.15, 0.2) is 48.5 Å². The van der Waals surface area contributed by atoms with E-state index in [1.807, 2.05) is 13.8 Å². The number of hydrogen-bond donors (Lipinski definition) is 1. The molecule has 0 heterocycles. The van der Waals surface area contributed by atoms with Gasteiger partial charge in [-0.2, -0.15) is 0 Å². The normalized spacial score (nSPS) is 13.0. The van der Waals surface area contributed by atoms with Crippen LogP contribution in [0.2, 0.25) is 0 Å². The maximum atomic E-state index is 14.4. The van der Waals surface area contributed by atoms with E-state index in [1.54, 1.807) is 24.3 Å². The SMILES string of the molecule is CC[C@@H](C)NC(=O)[C@H](C)N(Cc1ccccc1F)C(=O)CN(c1ccccc1OC)S(C)(=O)=O. The number of benzene rings is 2. The number of nitrogens with zero attached hydrogens (tertiary/aromatic N) is 2. The number of carbonyl (C=O) groups excluding carboxylic acids is 2. The molecule has 0 unspecified atom stereocenters. The van der Waals surface area contributed by atoms with E-state index in [9.17, 15) is 22.4 Å². The number of rotatable bonds is 11. The Morgan fingerprint density at radius 3 is 2.29 bits per heavy atom. The molecule has 0 saturated heterocycles. The van der Waals surface area contributed by atoms with Gasteiger partial charge in [0.2, 0.25) is 21.8 Å². The number of hydrogen-bond acceptors (Lipinski definition) is 5. The predicted molar refractivity (Wildman–Crippen MR) is 129 cm³/mol. The molecule has 0 fully saturated rings. The molecule has 0 spiro atoms. The second kappa shape index (κ2) is 11.8. The zero-order valence-electron chi connectivity index (χ0n) is 20.1. The van der Waals surface area contributed by atoms with E-state index in [0.717, 1.165) is 10.6 Å². The Hall–Kier alpha value is -3.14. The van der Waals surface area contributed by atoms with Crippen molar-refractivity contribution in [1.82, 2.24) is 10.2 Å². The van der Waals surface area contributed by atoms with Gasteiger partial charge in [-0.25, -0.2) is 12.8 Å². The van der Waals surface area contributed by atoms with Gasteiger partial charge in [-0.15, -0.1) is 0 Å². The number of ether oxygens (including phenoxy) is 1. The maximum Gasteiger partial charge on any atom is 0.244 e. The summed E-state index contributed by atoms with van der Waals surface area (Å²) in [6, 6.07) is 11.2. The Morgan fingerprint density at radius 2 is 1.71 bits per heavy atom. The summed E-state index contributed by atoms with van der Waals surface area (Å²) in [7, 11) is -2.50. The lowest BCUT2D eigenvalue weighted by molar-refractivity contribution is -0.139. The second-order valence-corrected chi connectivity index (χ2v) is 9.96. The molecule has 0 saturated carbocycles. The van der Waals surface area contributed by atoms with Gasteiger partial charge in [0.1, 0.15) is 24.2 Å². The van der Waals surface area contributed by atoms with Crippen LogP contribution in [-0.4, -0.2) is 57.1 Å². The van der Waals surface area contributed by atoms with Gasteiger partial charge >= 0.3 is 0 Å². The summed E-state index contributed by atoms with van der Waals surface area (Å²) in [5, 5.41) is 2.82. The van der Waals surface area contributed by atoms with Gasteiger partial charge in [0, 0.05) is 18.2 Å². The highest BCUT2D eigenvalue weighted by molar-refractivity contribution is 7.92. The lowest BCUT2D eigenvalue weighted by Crippen LogP contribution is -2.52. The predicted octanol–water partition coefficient (Wildman–Crippen LogP) is 2.93. The summed E-state index contributed by atoms with van der Waals surface area (Å²) in [5.41, 5.74) is 0.394. The summed E-state index contributed by atoms with van der Waals surface area (Å²) in [6.07, 6.45) is 1.67. The highest BCUT2D eigenvalue weighted by Gasteiger charge is 2.31. The van der Waals surface area contributed by atoms with E-state index in [1.165, 1.54) is 43.2 Å². The molecule has 2 aromatic carbocycles. The zero-order valence-corrected chi connectivity index (χ0v) is 20.9. The van der Waals surface area contributed by atoms with Crippen LogP contribution in [0, 0.1) is 5.82 Å². The minimum Gasteiger partial charge on any atom is -0.495 e. The van der Waals surface area contributed by atoms with Crippen molar-refractivity contribution in [3.63, 3.8) is 0 Å². The summed E-state index contributed by atoms with van der Waals surface area (Å²) in [6.45, 7) is 4.49. The van der Waals surface area contributed by atoms with Gasteiger partial charge < -0.3 is 15.0 Å². The average Bonchev–Trinajstić information content (AvgIpc) is 2.80. The molecule has 2 atom stereocenters. The van der Waals surface area contributed by atoms with Crippen LogP contribution in [0.3, 0.4) is 0 Å². The lowest BCUT2D eigenvalue weighted by Gasteiger charge is -2.32. The first-order chi connectivity index (χ1) is 16.0. The van der Waals surface area contributed by atoms with Crippen LogP contribution >= 0.6 is 0 Å². The quantitative estimate of drug-likeness (QED) is 0.519. The standard InChI is InChI=1S/C24H32FN3O5S/c1-6-17(2)26-24(30)18(3)27(15-19-11-7-8-12-20(19)25)23(29)16-28(34(5,31)32)21-13-9-10-14-22(21)33-4/h7-14,17-18H,6,15-16H2,1-5H3,(H,26,30)/t17-,18+/m1/s1. The van der Waals surface area contributed by atoms with Gasteiger partial charge in [0.05, 0.1) is 19.1 Å². The van der Waals surface area contributed by atoms with Gasteiger partial charge in [-0.05, 0) is 38.5 Å². The number of amides is 2. The molecular weight excluding hydrogens is 461 g/mol. The largest absolute Gasteiger partial charge is 0.495 e. The molecule has 10 heteroatoms. The monoisotopic (exact) mass is 493 g/mol. The van der Waals surface area contributed by atoms with E-state index < -0.39 is 40.2 Å². The maximum absolute atomic E-state index is 14.4. The number of carbonyl (C=O) groups is 2. The number of para-hydroxylation sites is 2. The molecule has 0 aliphatic heterocycles. The third-order valence-corrected chi connectivity index (χ3v) is 6.63. The molecule has 2 aromatic rings. The van der Waals surface area contributed by atoms with E-state index in [4.69, 9.17) is 4.74 Å². The number of nitrogens with one attached hydrogen (secondary N) is 1.